The van der Waals surface area contributed by atoms with E-state index in [1.54, 1.807) is 0 Å². The van der Waals surface area contributed by atoms with Gasteiger partial charge in [-0.2, -0.15) is 5.70 Å². The second-order valence-electron chi connectivity index (χ2n) is 24.3. The molecule has 1 N–H and O–H groups in total. The van der Waals surface area contributed by atoms with Crippen LogP contribution in [0.5, 0.6) is 0 Å². The van der Waals surface area contributed by atoms with Crippen LogP contribution < -0.4 is 26.8 Å². The summed E-state index contributed by atoms with van der Waals surface area (Å²) < 4.78 is 300. The summed E-state index contributed by atoms with van der Waals surface area (Å²) >= 11 is 5.54. The Bertz CT molecular complexity index is 3470. The van der Waals surface area contributed by atoms with Gasteiger partial charge in [0.05, 0.1) is 0 Å². The van der Waals surface area contributed by atoms with Crippen molar-refractivity contribution < 1.29 is 96.9 Å². The molecule has 7 aromatic carbocycles. The molecule has 0 saturated carbocycles. The van der Waals surface area contributed by atoms with E-state index < -0.39 is 161 Å². The van der Waals surface area contributed by atoms with Crippen molar-refractivity contribution in [3.05, 3.63) is 227 Å². The fourth-order valence-corrected chi connectivity index (χ4v) is 17.8. The van der Waals surface area contributed by atoms with Gasteiger partial charge in [0, 0.05) is 23.1 Å². The minimum atomic E-state index is -7.22. The zero-order valence-corrected chi connectivity index (χ0v) is 57.5. The quantitative estimate of drug-likeness (QED) is 0.0381. The number of rotatable bonds is 14. The molecule has 0 aliphatic rings. The molecule has 0 unspecified atom stereocenters. The van der Waals surface area contributed by atoms with E-state index in [9.17, 15) is 52.7 Å². The molecule has 7 rings (SSSR count). The molecule has 0 saturated heterocycles. The average Bonchev–Trinajstić information content (AvgIpc) is 0.684. The van der Waals surface area contributed by atoms with Crippen LogP contribution in [-0.2, 0) is 4.12 Å². The summed E-state index contributed by atoms with van der Waals surface area (Å²) in [5.74, 6) is -69.6. The van der Waals surface area contributed by atoms with Gasteiger partial charge in [0.2, 0.25) is 5.69 Å². The Morgan fingerprint density at radius 3 is 0.828 bits per heavy atom. The van der Waals surface area contributed by atoms with Crippen LogP contribution in [0.1, 0.15) is 115 Å². The maximum atomic E-state index is 15.4. The van der Waals surface area contributed by atoms with Crippen LogP contribution in [0.15, 0.2) is 78.5 Å². The molecule has 500 valence electrons. The Morgan fingerprint density at radius 1 is 0.387 bits per heavy atom. The fourth-order valence-electron chi connectivity index (χ4n) is 10.3. The molecule has 3 nitrogen and oxygen atoms in total. The number of nitrogens with one attached hydrogen (secondary N) is 1. The predicted molar refractivity (Wildman–Crippen MR) is 332 cm³/mol. The number of halogens is 21. The molecule has 0 radical (unpaired) electrons. The average molecular weight is 1400 g/mol. The third kappa shape index (κ3) is 17.9. The Morgan fingerprint density at radius 2 is 0.624 bits per heavy atom. The SMILES string of the molecule is CC(/C=C(/C)[N-]c1c(C(C)C)cccc1C(C)C)=[NH+]c1c(C(C)C)cccc1C(C)C.C[Si](C)(C)O[Si](C)(C)C.Clc1ccccc1.Fc1c(F)c(F)c([B-](c2c(F)c(F)c(F)c(F)c2F)(c2c(F)c(F)c(F)c(F)c2F)c2c(F)c(F)c(F)c(F)c2F)c(F)c1F.[Mg+2]. The Kier molecular flexibility index (Phi) is 28.4. The van der Waals surface area contributed by atoms with Gasteiger partial charge in [-0.05, 0) is 81.2 Å². The van der Waals surface area contributed by atoms with E-state index in [4.69, 9.17) is 21.0 Å². The van der Waals surface area contributed by atoms with Crippen LogP contribution in [0.25, 0.3) is 5.32 Å². The van der Waals surface area contributed by atoms with Crippen LogP contribution in [0, 0.1) is 116 Å². The van der Waals surface area contributed by atoms with Crippen molar-refractivity contribution in [3.8, 4) is 0 Å². The molecule has 0 aliphatic heterocycles. The zero-order chi connectivity index (χ0) is 70.5. The van der Waals surface area contributed by atoms with Crippen LogP contribution in [0.4, 0.5) is 99.2 Å². The van der Waals surface area contributed by atoms with Gasteiger partial charge in [-0.3, -0.25) is 0 Å². The molecule has 0 heterocycles. The van der Waals surface area contributed by atoms with Crippen LogP contribution in [-0.4, -0.2) is 51.5 Å². The van der Waals surface area contributed by atoms with E-state index in [-0.39, 0.29) is 23.1 Å². The minimum Gasteiger partial charge on any atom is -0.661 e. The molecule has 28 heteroatoms. The second-order valence-corrected chi connectivity index (χ2v) is 34.0. The first-order valence-electron chi connectivity index (χ1n) is 28.2. The largest absolute Gasteiger partial charge is 2.00 e. The molecule has 0 amide bonds. The third-order valence-electron chi connectivity index (χ3n) is 13.8. The molecule has 93 heavy (non-hydrogen) atoms. The Balaban J connectivity index is 0.000000402. The number of nitrogens with zero attached hydrogens (tertiary/aromatic N) is 1. The van der Waals surface area contributed by atoms with Gasteiger partial charge in [0.1, 0.15) is 52.7 Å². The van der Waals surface area contributed by atoms with Crippen molar-refractivity contribution in [2.45, 2.75) is 132 Å². The summed E-state index contributed by atoms with van der Waals surface area (Å²) in [6.45, 7) is 35.7. The molecule has 0 bridgehead atoms. The molecule has 0 aromatic heterocycles. The van der Waals surface area contributed by atoms with Crippen LogP contribution >= 0.6 is 11.6 Å². The summed E-state index contributed by atoms with van der Waals surface area (Å²) in [4.78, 5) is 3.71. The number of allylic oxidation sites excluding steroid dienone is 2. The van der Waals surface area contributed by atoms with Gasteiger partial charge in [-0.15, -0.1) is 27.5 Å². The smallest absolute Gasteiger partial charge is 0.661 e. The normalized spacial score (nSPS) is 12.2. The Hall–Kier alpha value is -6.14. The van der Waals surface area contributed by atoms with E-state index in [1.165, 1.54) is 27.9 Å². The van der Waals surface area contributed by atoms with Crippen molar-refractivity contribution in [2.24, 2.45) is 0 Å². The predicted octanol–water partition coefficient (Wildman–Crippen LogP) is 18.4. The Labute approximate surface area is 550 Å². The number of hydrogen-bond donors (Lipinski definition) is 1. The van der Waals surface area contributed by atoms with Crippen molar-refractivity contribution in [1.82, 2.24) is 0 Å². The monoisotopic (exact) mass is 1400 g/mol. The molecule has 0 aliphatic carbocycles. The maximum absolute atomic E-state index is 15.4. The number of para-hydroxylation sites is 2. The molecule has 0 fully saturated rings. The van der Waals surface area contributed by atoms with Gasteiger partial charge in [0.25, 0.3) is 0 Å². The first kappa shape index (κ1) is 81.1. The zero-order valence-electron chi connectivity index (χ0n) is 53.3. The standard InChI is InChI=1S/C29H41N2.C24BF20.C6H5Cl.C6H18OSi2.Mg/c1-18(2)24-13-11-14-25(19(3)4)28(24)30-22(9)17-23(10)31-29-26(20(5)6)15-12-16-27(29)21(7)8;26-5-1(6(27)14(35)21(42)13(5)34)25(2-7(28)15(36)22(43)16(37)8(2)29,3-9(30)17(38)23(44)18(39)10(3)31)4-11(32)19(40)24(45)20(41)12(4)33;7-6-4-2-1-3-5-6;1-8(2,3)7-9(4,5)6;/h11-21H,1-10H3;;1-5H;1-6H3;/q2*-1;;;+2/p+1/b22-17-,31-23?;;;;. The summed E-state index contributed by atoms with van der Waals surface area (Å²) in [5.41, 5.74) is -4.45. The van der Waals surface area contributed by atoms with E-state index in [2.05, 4.69) is 156 Å². The van der Waals surface area contributed by atoms with Crippen molar-refractivity contribution >= 4 is 96.4 Å². The van der Waals surface area contributed by atoms with Crippen molar-refractivity contribution in [1.29, 1.82) is 0 Å². The van der Waals surface area contributed by atoms with Crippen molar-refractivity contribution in [2.75, 3.05) is 0 Å². The topological polar surface area (TPSA) is 37.3 Å². The molecule has 0 atom stereocenters. The minimum absolute atomic E-state index is 0. The summed E-state index contributed by atoms with van der Waals surface area (Å²) in [5, 5.41) is 5.89. The van der Waals surface area contributed by atoms with Crippen LogP contribution in [0.3, 0.4) is 0 Å². The van der Waals surface area contributed by atoms with E-state index in [0.29, 0.717) is 23.7 Å². The molecular formula is C65H65BClF20MgN2OSi2+. The molecular weight excluding hydrogens is 1330 g/mol. The van der Waals surface area contributed by atoms with Crippen LogP contribution in [0.2, 0.25) is 44.3 Å². The van der Waals surface area contributed by atoms with Gasteiger partial charge in [0.15, 0.2) is 92.2 Å². The van der Waals surface area contributed by atoms with Gasteiger partial charge in [-0.1, -0.05) is 140 Å². The fraction of sp³-hybridized carbons (Fsp3) is 0.308. The van der Waals surface area contributed by atoms with E-state index in [0.717, 1.165) is 22.1 Å². The number of benzene rings is 7. The van der Waals surface area contributed by atoms with Crippen molar-refractivity contribution in [3.63, 3.8) is 0 Å². The van der Waals surface area contributed by atoms with E-state index in [1.807, 2.05) is 30.3 Å². The van der Waals surface area contributed by atoms with E-state index >= 15 is 35.1 Å². The summed E-state index contributed by atoms with van der Waals surface area (Å²) in [6, 6.07) is 22.7. The number of hydrogen-bond acceptors (Lipinski definition) is 1. The van der Waals surface area contributed by atoms with Gasteiger partial charge >= 0.3 is 23.1 Å². The van der Waals surface area contributed by atoms with Gasteiger partial charge < -0.3 is 9.43 Å². The first-order valence-corrected chi connectivity index (χ1v) is 35.4. The summed E-state index contributed by atoms with van der Waals surface area (Å²) in [6.07, 6.45) is -5.05. The second kappa shape index (κ2) is 32.5. The molecule has 0 spiro atoms. The maximum Gasteiger partial charge on any atom is 2.00 e. The third-order valence-corrected chi connectivity index (χ3v) is 19.0. The first-order chi connectivity index (χ1) is 42.3. The van der Waals surface area contributed by atoms with Gasteiger partial charge in [-0.25, -0.2) is 92.8 Å². The summed E-state index contributed by atoms with van der Waals surface area (Å²) in [7, 11) is -2.46. The molecule has 7 aromatic rings.